The summed E-state index contributed by atoms with van der Waals surface area (Å²) in [5.74, 6) is -0.228. The molecular formula is C12H15FN2O3. The van der Waals surface area contributed by atoms with Gasteiger partial charge < -0.3 is 15.3 Å². The van der Waals surface area contributed by atoms with Gasteiger partial charge in [-0.3, -0.25) is 4.79 Å². The number of hydrogen-bond acceptors (Lipinski definition) is 4. The van der Waals surface area contributed by atoms with Gasteiger partial charge in [0.15, 0.2) is 0 Å². The van der Waals surface area contributed by atoms with Crippen molar-refractivity contribution in [1.29, 1.82) is 0 Å². The van der Waals surface area contributed by atoms with Crippen LogP contribution in [0.25, 0.3) is 0 Å². The first-order chi connectivity index (χ1) is 8.58. The largest absolute Gasteiger partial charge is 0.492 e. The molecule has 0 aromatic heterocycles. The summed E-state index contributed by atoms with van der Waals surface area (Å²) in [5.41, 5.74) is 0.596. The van der Waals surface area contributed by atoms with Gasteiger partial charge in [-0.15, -0.1) is 0 Å². The molecule has 0 aliphatic heterocycles. The number of rotatable bonds is 5. The highest BCUT2D eigenvalue weighted by molar-refractivity contribution is 6.00. The molecule has 0 bridgehead atoms. The van der Waals surface area contributed by atoms with Gasteiger partial charge in [0.25, 0.3) is 0 Å². The van der Waals surface area contributed by atoms with Crippen molar-refractivity contribution in [2.75, 3.05) is 13.7 Å². The molecular weight excluding hydrogens is 239 g/mol. The molecule has 1 rings (SSSR count). The van der Waals surface area contributed by atoms with Gasteiger partial charge in [-0.05, 0) is 25.1 Å². The Bertz CT molecular complexity index is 461. The molecule has 18 heavy (non-hydrogen) atoms. The fourth-order valence-electron chi connectivity index (χ4n) is 1.34. The van der Waals surface area contributed by atoms with E-state index >= 15 is 0 Å². The fourth-order valence-corrected chi connectivity index (χ4v) is 1.34. The molecule has 1 amide bonds. The molecule has 5 nitrogen and oxygen atoms in total. The number of oxime groups is 1. The normalized spacial score (nSPS) is 11.2. The Morgan fingerprint density at radius 3 is 2.89 bits per heavy atom. The van der Waals surface area contributed by atoms with Crippen molar-refractivity contribution in [2.24, 2.45) is 5.16 Å². The van der Waals surface area contributed by atoms with Crippen LogP contribution in [0, 0.1) is 5.82 Å². The molecule has 0 spiro atoms. The van der Waals surface area contributed by atoms with E-state index < -0.39 is 5.82 Å². The van der Waals surface area contributed by atoms with Crippen molar-refractivity contribution >= 4 is 11.6 Å². The van der Waals surface area contributed by atoms with Crippen LogP contribution in [0.15, 0.2) is 23.4 Å². The number of amides is 1. The van der Waals surface area contributed by atoms with Crippen molar-refractivity contribution in [3.63, 3.8) is 0 Å². The molecule has 1 aromatic rings. The second-order valence-corrected chi connectivity index (χ2v) is 3.60. The van der Waals surface area contributed by atoms with Crippen LogP contribution in [0.1, 0.15) is 18.9 Å². The summed E-state index contributed by atoms with van der Waals surface area (Å²) in [7, 11) is 1.54. The predicted octanol–water partition coefficient (Wildman–Crippen LogP) is 1.54. The Morgan fingerprint density at radius 1 is 1.56 bits per heavy atom. The summed E-state index contributed by atoms with van der Waals surface area (Å²) in [6.07, 6.45) is 0.197. The van der Waals surface area contributed by atoms with Crippen LogP contribution in [0.4, 0.5) is 4.39 Å². The minimum absolute atomic E-state index is 0.147. The van der Waals surface area contributed by atoms with Crippen molar-refractivity contribution in [3.05, 3.63) is 29.6 Å². The number of halogens is 1. The van der Waals surface area contributed by atoms with Crippen LogP contribution in [-0.2, 0) is 4.79 Å². The minimum atomic E-state index is -0.452. The maximum atomic E-state index is 13.1. The quantitative estimate of drug-likeness (QED) is 0.475. The highest BCUT2D eigenvalue weighted by Crippen LogP contribution is 2.20. The highest BCUT2D eigenvalue weighted by atomic mass is 19.1. The number of nitrogens with one attached hydrogen (secondary N) is 1. The average molecular weight is 254 g/mol. The summed E-state index contributed by atoms with van der Waals surface area (Å²) in [4.78, 5) is 11.0. The van der Waals surface area contributed by atoms with Crippen LogP contribution < -0.4 is 10.1 Å². The zero-order chi connectivity index (χ0) is 13.5. The molecule has 98 valence electrons. The van der Waals surface area contributed by atoms with Crippen LogP contribution in [0.3, 0.4) is 0 Å². The smallest absolute Gasteiger partial charge is 0.223 e. The Hall–Kier alpha value is -2.11. The van der Waals surface area contributed by atoms with Gasteiger partial charge in [-0.2, -0.15) is 0 Å². The molecule has 0 aliphatic carbocycles. The third-order valence-electron chi connectivity index (χ3n) is 2.35. The summed E-state index contributed by atoms with van der Waals surface area (Å²) < 4.78 is 18.5. The van der Waals surface area contributed by atoms with E-state index in [1.165, 1.54) is 32.2 Å². The van der Waals surface area contributed by atoms with Crippen LogP contribution in [0.5, 0.6) is 5.75 Å². The van der Waals surface area contributed by atoms with Crippen molar-refractivity contribution in [1.82, 2.24) is 5.32 Å². The van der Waals surface area contributed by atoms with Gasteiger partial charge in [0.2, 0.25) is 5.91 Å². The monoisotopic (exact) mass is 254 g/mol. The minimum Gasteiger partial charge on any atom is -0.492 e. The van der Waals surface area contributed by atoms with E-state index in [9.17, 15) is 9.18 Å². The summed E-state index contributed by atoms with van der Waals surface area (Å²) in [6.45, 7) is 1.69. The molecule has 0 aliphatic rings. The second-order valence-electron chi connectivity index (χ2n) is 3.60. The number of nitrogens with zero attached hydrogens (tertiary/aromatic N) is 1. The van der Waals surface area contributed by atoms with Crippen molar-refractivity contribution in [3.8, 4) is 5.75 Å². The van der Waals surface area contributed by atoms with E-state index in [0.29, 0.717) is 11.3 Å². The van der Waals surface area contributed by atoms with Crippen LogP contribution >= 0.6 is 0 Å². The van der Waals surface area contributed by atoms with Gasteiger partial charge in [0.05, 0.1) is 18.7 Å². The molecule has 6 heteroatoms. The van der Waals surface area contributed by atoms with E-state index in [1.807, 2.05) is 0 Å². The lowest BCUT2D eigenvalue weighted by atomic mass is 10.1. The summed E-state index contributed by atoms with van der Waals surface area (Å²) in [5, 5.41) is 14.2. The standard InChI is InChI=1S/C12H15FN2O3/c1-8(15-17)10-7-9(13)3-4-11(10)18-6-5-12(16)14-2/h3-4,7,17H,5-6H2,1-2H3,(H,14,16). The van der Waals surface area contributed by atoms with Crippen molar-refractivity contribution < 1.29 is 19.1 Å². The molecule has 0 unspecified atom stereocenters. The average Bonchev–Trinajstić information content (AvgIpc) is 2.39. The Labute approximate surface area is 104 Å². The molecule has 0 radical (unpaired) electrons. The SMILES string of the molecule is CNC(=O)CCOc1ccc(F)cc1C(C)=NO. The van der Waals surface area contributed by atoms with Crippen molar-refractivity contribution in [2.45, 2.75) is 13.3 Å². The first kappa shape index (κ1) is 14.0. The van der Waals surface area contributed by atoms with Gasteiger partial charge in [-0.1, -0.05) is 5.16 Å². The maximum Gasteiger partial charge on any atom is 0.223 e. The van der Waals surface area contributed by atoms with Crippen LogP contribution in [0.2, 0.25) is 0 Å². The molecule has 0 fully saturated rings. The molecule has 0 saturated carbocycles. The first-order valence-corrected chi connectivity index (χ1v) is 5.40. The Kier molecular flexibility index (Phi) is 5.10. The lowest BCUT2D eigenvalue weighted by molar-refractivity contribution is -0.121. The highest BCUT2D eigenvalue weighted by Gasteiger charge is 2.09. The Balaban J connectivity index is 2.79. The zero-order valence-corrected chi connectivity index (χ0v) is 10.2. The molecule has 1 aromatic carbocycles. The third-order valence-corrected chi connectivity index (χ3v) is 2.35. The van der Waals surface area contributed by atoms with Gasteiger partial charge in [0.1, 0.15) is 11.6 Å². The summed E-state index contributed by atoms with van der Waals surface area (Å²) in [6, 6.07) is 3.89. The number of ether oxygens (including phenoxy) is 1. The molecule has 0 saturated heterocycles. The van der Waals surface area contributed by atoms with Crippen LogP contribution in [-0.4, -0.2) is 30.5 Å². The molecule has 2 N–H and O–H groups in total. The Morgan fingerprint density at radius 2 is 2.28 bits per heavy atom. The predicted molar refractivity (Wildman–Crippen MR) is 64.6 cm³/mol. The number of carbonyl (C=O) groups excluding carboxylic acids is 1. The van der Waals surface area contributed by atoms with Gasteiger partial charge in [-0.25, -0.2) is 4.39 Å². The molecule has 0 heterocycles. The number of benzene rings is 1. The maximum absolute atomic E-state index is 13.1. The number of hydrogen-bond donors (Lipinski definition) is 2. The van der Waals surface area contributed by atoms with E-state index in [2.05, 4.69) is 10.5 Å². The van der Waals surface area contributed by atoms with E-state index in [4.69, 9.17) is 9.94 Å². The van der Waals surface area contributed by atoms with Gasteiger partial charge >= 0.3 is 0 Å². The van der Waals surface area contributed by atoms with E-state index in [1.54, 1.807) is 0 Å². The zero-order valence-electron chi connectivity index (χ0n) is 10.2. The summed E-state index contributed by atoms with van der Waals surface area (Å²) >= 11 is 0. The topological polar surface area (TPSA) is 70.9 Å². The third kappa shape index (κ3) is 3.73. The van der Waals surface area contributed by atoms with E-state index in [0.717, 1.165) is 0 Å². The van der Waals surface area contributed by atoms with E-state index in [-0.39, 0.29) is 24.6 Å². The number of carbonyl (C=O) groups is 1. The lowest BCUT2D eigenvalue weighted by Crippen LogP contribution is -2.20. The first-order valence-electron chi connectivity index (χ1n) is 5.40. The second kappa shape index (κ2) is 6.58. The fraction of sp³-hybridized carbons (Fsp3) is 0.333. The molecule has 0 atom stereocenters. The van der Waals surface area contributed by atoms with Gasteiger partial charge in [0, 0.05) is 12.6 Å². The lowest BCUT2D eigenvalue weighted by Gasteiger charge is -2.10.